The van der Waals surface area contributed by atoms with Crippen molar-refractivity contribution >= 4 is 33.4 Å². The number of carbonyl (C=O) groups excluding carboxylic acids is 1. The molecule has 0 atom stereocenters. The fourth-order valence-electron chi connectivity index (χ4n) is 3.74. The van der Waals surface area contributed by atoms with Crippen molar-refractivity contribution in [1.29, 1.82) is 5.26 Å². The summed E-state index contributed by atoms with van der Waals surface area (Å²) in [7, 11) is 3.38. The molecule has 30 heavy (non-hydrogen) atoms. The molecule has 1 aliphatic rings. The van der Waals surface area contributed by atoms with Crippen LogP contribution >= 0.6 is 11.3 Å². The monoisotopic (exact) mass is 421 g/mol. The number of thiophene rings is 1. The number of hydrogen-bond donors (Lipinski definition) is 0. The van der Waals surface area contributed by atoms with Crippen molar-refractivity contribution in [3.05, 3.63) is 56.7 Å². The number of rotatable bonds is 4. The third-order valence-electron chi connectivity index (χ3n) is 5.34. The van der Waals surface area contributed by atoms with E-state index in [1.807, 2.05) is 18.2 Å². The lowest BCUT2D eigenvalue weighted by Crippen LogP contribution is -2.36. The van der Waals surface area contributed by atoms with Gasteiger partial charge < -0.3 is 9.80 Å². The Balaban J connectivity index is 1.89. The van der Waals surface area contributed by atoms with E-state index in [0.717, 1.165) is 31.5 Å². The van der Waals surface area contributed by atoms with Gasteiger partial charge in [0.25, 0.3) is 11.5 Å². The molecule has 3 aromatic rings. The number of amides is 1. The largest absolute Gasteiger partial charge is 0.344 e. The Morgan fingerprint density at radius 2 is 1.97 bits per heavy atom. The smallest absolute Gasteiger partial charge is 0.273 e. The van der Waals surface area contributed by atoms with Gasteiger partial charge in [-0.2, -0.15) is 5.26 Å². The van der Waals surface area contributed by atoms with E-state index in [1.54, 1.807) is 30.8 Å². The first-order valence-electron chi connectivity index (χ1n) is 9.98. The summed E-state index contributed by atoms with van der Waals surface area (Å²) in [5.74, 6) is 0.472. The van der Waals surface area contributed by atoms with Crippen LogP contribution in [0.2, 0.25) is 0 Å². The lowest BCUT2D eigenvalue weighted by atomic mass is 10.1. The molecular formula is C22H23N5O2S. The van der Waals surface area contributed by atoms with E-state index in [4.69, 9.17) is 4.98 Å². The minimum Gasteiger partial charge on any atom is -0.344 e. The first-order valence-corrected chi connectivity index (χ1v) is 10.8. The van der Waals surface area contributed by atoms with E-state index in [0.29, 0.717) is 26.6 Å². The summed E-state index contributed by atoms with van der Waals surface area (Å²) in [4.78, 5) is 34.9. The molecule has 3 heterocycles. The molecule has 154 valence electrons. The third-order valence-corrected chi connectivity index (χ3v) is 6.44. The normalized spacial score (nSPS) is 14.0. The molecule has 1 aliphatic heterocycles. The van der Waals surface area contributed by atoms with Crippen LogP contribution in [-0.2, 0) is 6.54 Å². The number of nitrogens with zero attached hydrogens (tertiary/aromatic N) is 5. The summed E-state index contributed by atoms with van der Waals surface area (Å²) in [6.45, 7) is 1.95. The Morgan fingerprint density at radius 1 is 1.23 bits per heavy atom. The van der Waals surface area contributed by atoms with Crippen molar-refractivity contribution in [2.24, 2.45) is 0 Å². The van der Waals surface area contributed by atoms with E-state index in [2.05, 4.69) is 11.0 Å². The van der Waals surface area contributed by atoms with Crippen molar-refractivity contribution in [2.45, 2.75) is 25.8 Å². The van der Waals surface area contributed by atoms with Crippen LogP contribution in [0.1, 0.15) is 40.1 Å². The number of piperidine rings is 1. The van der Waals surface area contributed by atoms with Crippen LogP contribution in [0.15, 0.2) is 35.1 Å². The second-order valence-electron chi connectivity index (χ2n) is 7.64. The highest BCUT2D eigenvalue weighted by Gasteiger charge is 2.23. The third kappa shape index (κ3) is 3.68. The number of nitriles is 1. The molecule has 7 nitrogen and oxygen atoms in total. The summed E-state index contributed by atoms with van der Waals surface area (Å²) in [6, 6.07) is 11.2. The van der Waals surface area contributed by atoms with Gasteiger partial charge >= 0.3 is 0 Å². The quantitative estimate of drug-likeness (QED) is 0.647. The highest BCUT2D eigenvalue weighted by atomic mass is 32.1. The second-order valence-corrected chi connectivity index (χ2v) is 8.70. The van der Waals surface area contributed by atoms with E-state index in [-0.39, 0.29) is 18.0 Å². The molecule has 1 saturated heterocycles. The maximum absolute atomic E-state index is 13.5. The first kappa shape index (κ1) is 20.1. The van der Waals surface area contributed by atoms with Gasteiger partial charge in [-0.05, 0) is 37.0 Å². The predicted octanol–water partition coefficient (Wildman–Crippen LogP) is 3.07. The fourth-order valence-corrected chi connectivity index (χ4v) is 4.81. The van der Waals surface area contributed by atoms with Gasteiger partial charge in [0.2, 0.25) is 5.95 Å². The molecule has 0 N–H and O–H groups in total. The number of aromatic nitrogens is 2. The van der Waals surface area contributed by atoms with Gasteiger partial charge in [-0.3, -0.25) is 14.2 Å². The molecule has 0 bridgehead atoms. The van der Waals surface area contributed by atoms with E-state index < -0.39 is 0 Å². The van der Waals surface area contributed by atoms with Crippen LogP contribution in [0.3, 0.4) is 0 Å². The van der Waals surface area contributed by atoms with Crippen molar-refractivity contribution < 1.29 is 4.79 Å². The first-order chi connectivity index (χ1) is 14.5. The molecule has 0 aliphatic carbocycles. The average molecular weight is 422 g/mol. The molecule has 1 aromatic carbocycles. The van der Waals surface area contributed by atoms with Gasteiger partial charge in [0.15, 0.2) is 0 Å². The maximum atomic E-state index is 13.5. The molecule has 4 rings (SSSR count). The lowest BCUT2D eigenvalue weighted by Gasteiger charge is -2.29. The van der Waals surface area contributed by atoms with Crippen molar-refractivity contribution in [1.82, 2.24) is 14.5 Å². The maximum Gasteiger partial charge on any atom is 0.273 e. The highest BCUT2D eigenvalue weighted by Crippen LogP contribution is 2.26. The van der Waals surface area contributed by atoms with Crippen LogP contribution in [0, 0.1) is 11.3 Å². The zero-order valence-corrected chi connectivity index (χ0v) is 17.9. The van der Waals surface area contributed by atoms with Gasteiger partial charge in [0.1, 0.15) is 4.70 Å². The van der Waals surface area contributed by atoms with Crippen molar-refractivity contribution in [2.75, 3.05) is 32.1 Å². The summed E-state index contributed by atoms with van der Waals surface area (Å²) in [6.07, 6.45) is 3.27. The number of carbonyl (C=O) groups is 1. The summed E-state index contributed by atoms with van der Waals surface area (Å²) in [5, 5.41) is 9.47. The molecule has 1 amide bonds. The molecule has 8 heteroatoms. The number of hydrogen-bond acceptors (Lipinski definition) is 6. The van der Waals surface area contributed by atoms with Crippen LogP contribution in [-0.4, -0.2) is 47.5 Å². The molecule has 0 unspecified atom stereocenters. The second kappa shape index (κ2) is 8.28. The van der Waals surface area contributed by atoms with Gasteiger partial charge in [-0.25, -0.2) is 4.98 Å². The average Bonchev–Trinajstić information content (AvgIpc) is 3.20. The highest BCUT2D eigenvalue weighted by molar-refractivity contribution is 7.20. The fraction of sp³-hybridized carbons (Fsp3) is 0.364. The van der Waals surface area contributed by atoms with Gasteiger partial charge in [0, 0.05) is 27.2 Å². The topological polar surface area (TPSA) is 82.2 Å². The minimum atomic E-state index is -0.170. The van der Waals surface area contributed by atoms with Gasteiger partial charge in [-0.1, -0.05) is 18.2 Å². The number of fused-ring (bicyclic) bond motifs is 1. The summed E-state index contributed by atoms with van der Waals surface area (Å²) < 4.78 is 2.12. The Kier molecular flexibility index (Phi) is 5.55. The SMILES string of the molecule is CN(C)C(=O)c1cc2nc(N3CCCCC3)n(Cc3ccccc3C#N)c(=O)c2s1. The van der Waals surface area contributed by atoms with Crippen LogP contribution in [0.25, 0.3) is 10.2 Å². The molecule has 1 fully saturated rings. The standard InChI is InChI=1S/C22H23N5O2S/c1-25(2)20(28)18-12-17-19(30-18)21(29)27(14-16-9-5-4-8-15(16)13-23)22(24-17)26-10-6-3-7-11-26/h4-5,8-9,12H,3,6-7,10-11,14H2,1-2H3. The number of benzene rings is 1. The lowest BCUT2D eigenvalue weighted by molar-refractivity contribution is 0.0832. The van der Waals surface area contributed by atoms with Crippen molar-refractivity contribution in [3.8, 4) is 6.07 Å². The zero-order valence-electron chi connectivity index (χ0n) is 17.1. The Hall–Kier alpha value is -3.18. The zero-order chi connectivity index (χ0) is 21.3. The van der Waals surface area contributed by atoms with Gasteiger partial charge in [0.05, 0.1) is 28.6 Å². The molecule has 0 radical (unpaired) electrons. The Labute approximate surface area is 178 Å². The van der Waals surface area contributed by atoms with E-state index in [9.17, 15) is 14.9 Å². The van der Waals surface area contributed by atoms with E-state index >= 15 is 0 Å². The van der Waals surface area contributed by atoms with Crippen LogP contribution in [0.5, 0.6) is 0 Å². The molecule has 2 aromatic heterocycles. The molecule has 0 saturated carbocycles. The Morgan fingerprint density at radius 3 is 2.67 bits per heavy atom. The number of anilines is 1. The molecular weight excluding hydrogens is 398 g/mol. The van der Waals surface area contributed by atoms with E-state index in [1.165, 1.54) is 22.7 Å². The van der Waals surface area contributed by atoms with Gasteiger partial charge in [-0.15, -0.1) is 11.3 Å². The summed E-state index contributed by atoms with van der Waals surface area (Å²) in [5.41, 5.74) is 1.71. The minimum absolute atomic E-state index is 0.140. The van der Waals surface area contributed by atoms with Crippen molar-refractivity contribution in [3.63, 3.8) is 0 Å². The Bertz CT molecular complexity index is 1200. The summed E-state index contributed by atoms with van der Waals surface area (Å²) >= 11 is 1.18. The van der Waals surface area contributed by atoms with Crippen LogP contribution in [0.4, 0.5) is 5.95 Å². The molecule has 0 spiro atoms. The van der Waals surface area contributed by atoms with Crippen LogP contribution < -0.4 is 10.5 Å². The predicted molar refractivity (Wildman–Crippen MR) is 118 cm³/mol.